The van der Waals surface area contributed by atoms with Crippen LogP contribution in [0.3, 0.4) is 0 Å². The predicted molar refractivity (Wildman–Crippen MR) is 107 cm³/mol. The molecule has 2 fully saturated rings. The van der Waals surface area contributed by atoms with Gasteiger partial charge >= 0.3 is 0 Å². The molecule has 0 aromatic heterocycles. The minimum Gasteiger partial charge on any atom is -0.381 e. The van der Waals surface area contributed by atoms with E-state index in [2.05, 4.69) is 42.5 Å². The van der Waals surface area contributed by atoms with Crippen LogP contribution in [0.25, 0.3) is 0 Å². The third kappa shape index (κ3) is 5.99. The van der Waals surface area contributed by atoms with Crippen molar-refractivity contribution in [3.63, 3.8) is 0 Å². The number of aryl methyl sites for hydroxylation is 1. The molecule has 2 aliphatic carbocycles. The van der Waals surface area contributed by atoms with Crippen molar-refractivity contribution in [3.05, 3.63) is 48.0 Å². The van der Waals surface area contributed by atoms with Gasteiger partial charge in [0.1, 0.15) is 0 Å². The van der Waals surface area contributed by atoms with Gasteiger partial charge in [-0.25, -0.2) is 0 Å². The highest BCUT2D eigenvalue weighted by Gasteiger charge is 2.30. The van der Waals surface area contributed by atoms with E-state index in [1.54, 1.807) is 7.11 Å². The molecule has 138 valence electrons. The molecule has 2 aliphatic rings. The molecule has 0 heterocycles. The smallest absolute Gasteiger partial charge is 0.0643 e. The molecule has 0 amide bonds. The van der Waals surface area contributed by atoms with Crippen molar-refractivity contribution >= 4 is 0 Å². The van der Waals surface area contributed by atoms with Gasteiger partial charge in [-0.15, -0.1) is 0 Å². The predicted octanol–water partition coefficient (Wildman–Crippen LogP) is 6.43. The summed E-state index contributed by atoms with van der Waals surface area (Å²) in [5.41, 5.74) is 1.52. The van der Waals surface area contributed by atoms with Gasteiger partial charge in [0.15, 0.2) is 0 Å². The monoisotopic (exact) mass is 340 g/mol. The summed E-state index contributed by atoms with van der Waals surface area (Å²) in [6.07, 6.45) is 18.9. The highest BCUT2D eigenvalue weighted by molar-refractivity contribution is 5.14. The third-order valence-electron chi connectivity index (χ3n) is 6.73. The standard InChI is InChI=1S/C24H36O/c1-25-19-5-8-21-11-15-23(16-12-21)24-17-13-22(14-18-24)10-9-20-6-3-2-4-7-20/h2-8,21-24H,9-19H2,1H3/b8-5+/t21-,22?,23-,24?. The summed E-state index contributed by atoms with van der Waals surface area (Å²) in [5, 5.41) is 0. The van der Waals surface area contributed by atoms with E-state index in [1.165, 1.54) is 69.8 Å². The molecule has 0 radical (unpaired) electrons. The fourth-order valence-corrected chi connectivity index (χ4v) is 5.12. The second-order valence-corrected chi connectivity index (χ2v) is 8.36. The molecule has 0 N–H and O–H groups in total. The molecule has 1 nitrogen and oxygen atoms in total. The van der Waals surface area contributed by atoms with Crippen LogP contribution in [0.5, 0.6) is 0 Å². The number of methoxy groups -OCH3 is 1. The lowest BCUT2D eigenvalue weighted by atomic mass is 9.68. The maximum atomic E-state index is 5.12. The highest BCUT2D eigenvalue weighted by Crippen LogP contribution is 2.42. The van der Waals surface area contributed by atoms with E-state index in [0.717, 1.165) is 30.3 Å². The molecule has 0 aliphatic heterocycles. The van der Waals surface area contributed by atoms with Gasteiger partial charge in [0.25, 0.3) is 0 Å². The second kappa shape index (κ2) is 10.2. The Kier molecular flexibility index (Phi) is 7.60. The van der Waals surface area contributed by atoms with Crippen molar-refractivity contribution in [2.24, 2.45) is 23.7 Å². The molecule has 25 heavy (non-hydrogen) atoms. The molecule has 0 saturated heterocycles. The fraction of sp³-hybridized carbons (Fsp3) is 0.667. The average Bonchev–Trinajstić information content (AvgIpc) is 2.68. The first kappa shape index (κ1) is 18.7. The van der Waals surface area contributed by atoms with Gasteiger partial charge in [-0.2, -0.15) is 0 Å². The van der Waals surface area contributed by atoms with Crippen LogP contribution in [-0.4, -0.2) is 13.7 Å². The molecule has 3 rings (SSSR count). The maximum absolute atomic E-state index is 5.12. The van der Waals surface area contributed by atoms with Gasteiger partial charge in [0.05, 0.1) is 6.61 Å². The van der Waals surface area contributed by atoms with E-state index in [4.69, 9.17) is 4.74 Å². The summed E-state index contributed by atoms with van der Waals surface area (Å²) in [6, 6.07) is 11.0. The van der Waals surface area contributed by atoms with Crippen LogP contribution in [0.1, 0.15) is 63.4 Å². The van der Waals surface area contributed by atoms with E-state index < -0.39 is 0 Å². The lowest BCUT2D eigenvalue weighted by molar-refractivity contribution is 0.152. The summed E-state index contributed by atoms with van der Waals surface area (Å²) < 4.78 is 5.12. The summed E-state index contributed by atoms with van der Waals surface area (Å²) in [5.74, 6) is 3.83. The van der Waals surface area contributed by atoms with Gasteiger partial charge in [-0.05, 0) is 80.6 Å². The van der Waals surface area contributed by atoms with Crippen LogP contribution >= 0.6 is 0 Å². The van der Waals surface area contributed by atoms with Crippen molar-refractivity contribution in [2.45, 2.75) is 64.2 Å². The lowest BCUT2D eigenvalue weighted by Gasteiger charge is -2.37. The Labute approximate surface area is 154 Å². The maximum Gasteiger partial charge on any atom is 0.0643 e. The van der Waals surface area contributed by atoms with Crippen LogP contribution in [0.15, 0.2) is 42.5 Å². The average molecular weight is 341 g/mol. The zero-order valence-corrected chi connectivity index (χ0v) is 16.0. The minimum absolute atomic E-state index is 0.771. The first-order valence-corrected chi connectivity index (χ1v) is 10.5. The molecule has 1 aromatic rings. The third-order valence-corrected chi connectivity index (χ3v) is 6.73. The Hall–Kier alpha value is -1.08. The van der Waals surface area contributed by atoms with Gasteiger partial charge in [-0.3, -0.25) is 0 Å². The Balaban J connectivity index is 1.34. The Morgan fingerprint density at radius 3 is 2.16 bits per heavy atom. The van der Waals surface area contributed by atoms with Gasteiger partial charge in [0, 0.05) is 7.11 Å². The zero-order valence-electron chi connectivity index (χ0n) is 16.0. The quantitative estimate of drug-likeness (QED) is 0.519. The number of ether oxygens (including phenoxy) is 1. The molecular weight excluding hydrogens is 304 g/mol. The number of benzene rings is 1. The van der Waals surface area contributed by atoms with E-state index in [-0.39, 0.29) is 0 Å². The largest absolute Gasteiger partial charge is 0.381 e. The van der Waals surface area contributed by atoms with Gasteiger partial charge in [0.2, 0.25) is 0 Å². The summed E-state index contributed by atoms with van der Waals surface area (Å²) in [4.78, 5) is 0. The van der Waals surface area contributed by atoms with Gasteiger partial charge < -0.3 is 4.74 Å². The highest BCUT2D eigenvalue weighted by atomic mass is 16.5. The molecule has 0 spiro atoms. The Bertz CT molecular complexity index is 490. The summed E-state index contributed by atoms with van der Waals surface area (Å²) in [7, 11) is 1.78. The van der Waals surface area contributed by atoms with Crippen molar-refractivity contribution in [2.75, 3.05) is 13.7 Å². The zero-order chi connectivity index (χ0) is 17.3. The normalized spacial score (nSPS) is 30.6. The fourth-order valence-electron chi connectivity index (χ4n) is 5.12. The first-order valence-electron chi connectivity index (χ1n) is 10.5. The van der Waals surface area contributed by atoms with Gasteiger partial charge in [-0.1, -0.05) is 55.3 Å². The van der Waals surface area contributed by atoms with Crippen LogP contribution in [0.2, 0.25) is 0 Å². The van der Waals surface area contributed by atoms with E-state index in [9.17, 15) is 0 Å². The molecule has 2 saturated carbocycles. The Morgan fingerprint density at radius 1 is 0.880 bits per heavy atom. The van der Waals surface area contributed by atoms with E-state index in [1.807, 2.05) is 0 Å². The molecule has 0 unspecified atom stereocenters. The minimum atomic E-state index is 0.771. The van der Waals surface area contributed by atoms with Crippen molar-refractivity contribution in [1.82, 2.24) is 0 Å². The summed E-state index contributed by atoms with van der Waals surface area (Å²) >= 11 is 0. The van der Waals surface area contributed by atoms with Crippen LogP contribution in [0, 0.1) is 23.7 Å². The Morgan fingerprint density at radius 2 is 1.52 bits per heavy atom. The first-order chi connectivity index (χ1) is 12.3. The molecule has 1 aromatic carbocycles. The van der Waals surface area contributed by atoms with Crippen LogP contribution in [0.4, 0.5) is 0 Å². The van der Waals surface area contributed by atoms with Crippen molar-refractivity contribution < 1.29 is 4.74 Å². The summed E-state index contributed by atoms with van der Waals surface area (Å²) in [6.45, 7) is 0.771. The van der Waals surface area contributed by atoms with Crippen molar-refractivity contribution in [1.29, 1.82) is 0 Å². The molecule has 0 atom stereocenters. The number of rotatable bonds is 7. The van der Waals surface area contributed by atoms with E-state index >= 15 is 0 Å². The number of hydrogen-bond donors (Lipinski definition) is 0. The molecule has 0 bridgehead atoms. The molecule has 1 heteroatoms. The van der Waals surface area contributed by atoms with Crippen LogP contribution < -0.4 is 0 Å². The topological polar surface area (TPSA) is 9.23 Å². The van der Waals surface area contributed by atoms with Crippen molar-refractivity contribution in [3.8, 4) is 0 Å². The molecular formula is C24H36O. The van der Waals surface area contributed by atoms with E-state index in [0.29, 0.717) is 0 Å². The van der Waals surface area contributed by atoms with Crippen LogP contribution in [-0.2, 0) is 11.2 Å². The second-order valence-electron chi connectivity index (χ2n) is 8.36. The lowest BCUT2D eigenvalue weighted by Crippen LogP contribution is -2.25. The number of allylic oxidation sites excluding steroid dienone is 1. The number of hydrogen-bond acceptors (Lipinski definition) is 1. The SMILES string of the molecule is COC/C=C/[C@H]1CC[C@H](C2CCC(CCc3ccccc3)CC2)CC1.